The fourth-order valence-electron chi connectivity index (χ4n) is 2.47. The fraction of sp³-hybridized carbons (Fsp3) is 0.294. The quantitative estimate of drug-likeness (QED) is 0.759. The van der Waals surface area contributed by atoms with Gasteiger partial charge < -0.3 is 5.73 Å². The van der Waals surface area contributed by atoms with Gasteiger partial charge in [0.25, 0.3) is 0 Å². The highest BCUT2D eigenvalue weighted by Crippen LogP contribution is 2.30. The average Bonchev–Trinajstić information content (AvgIpc) is 2.40. The number of hydrogen-bond donors (Lipinski definition) is 1. The molecule has 1 heteroatoms. The molecule has 2 rings (SSSR count). The Balaban J connectivity index is 2.44. The molecule has 0 spiro atoms. The number of nitrogen functional groups attached to an aromatic ring is 1. The van der Waals surface area contributed by atoms with Gasteiger partial charge in [-0.15, -0.1) is 0 Å². The van der Waals surface area contributed by atoms with Crippen molar-refractivity contribution in [2.24, 2.45) is 0 Å². The molecule has 0 radical (unpaired) electrons. The molecular formula is C17H21N. The minimum absolute atomic E-state index is 0.607. The first-order valence-corrected chi connectivity index (χ1v) is 6.70. The Morgan fingerprint density at radius 1 is 0.889 bits per heavy atom. The van der Waals surface area contributed by atoms with E-state index in [4.69, 9.17) is 5.73 Å². The van der Waals surface area contributed by atoms with Gasteiger partial charge in [-0.05, 0) is 47.6 Å². The van der Waals surface area contributed by atoms with Crippen LogP contribution < -0.4 is 5.73 Å². The van der Waals surface area contributed by atoms with E-state index >= 15 is 0 Å². The molecule has 0 bridgehead atoms. The molecule has 1 nitrogen and oxygen atoms in total. The van der Waals surface area contributed by atoms with Crippen molar-refractivity contribution in [3.05, 3.63) is 54.1 Å². The maximum atomic E-state index is 6.04. The van der Waals surface area contributed by atoms with Crippen molar-refractivity contribution in [1.82, 2.24) is 0 Å². The first-order valence-electron chi connectivity index (χ1n) is 6.70. The van der Waals surface area contributed by atoms with E-state index in [1.165, 1.54) is 16.7 Å². The summed E-state index contributed by atoms with van der Waals surface area (Å²) >= 11 is 0. The minimum atomic E-state index is 0.607. The van der Waals surface area contributed by atoms with Crippen LogP contribution in [0.4, 0.5) is 5.69 Å². The summed E-state index contributed by atoms with van der Waals surface area (Å²) in [5, 5.41) is 0. The molecule has 2 aromatic carbocycles. The lowest BCUT2D eigenvalue weighted by molar-refractivity contribution is 0.642. The van der Waals surface area contributed by atoms with E-state index in [1.54, 1.807) is 0 Å². The van der Waals surface area contributed by atoms with Gasteiger partial charge in [0.2, 0.25) is 0 Å². The molecule has 0 aliphatic carbocycles. The largest absolute Gasteiger partial charge is 0.399 e. The van der Waals surface area contributed by atoms with Gasteiger partial charge in [0.15, 0.2) is 0 Å². The van der Waals surface area contributed by atoms with E-state index in [0.29, 0.717) is 5.92 Å². The number of anilines is 1. The van der Waals surface area contributed by atoms with Crippen molar-refractivity contribution in [2.45, 2.75) is 32.6 Å². The molecule has 0 saturated heterocycles. The van der Waals surface area contributed by atoms with E-state index in [2.05, 4.69) is 56.3 Å². The molecule has 0 aliphatic rings. The van der Waals surface area contributed by atoms with Crippen LogP contribution in [-0.2, 0) is 0 Å². The van der Waals surface area contributed by atoms with Crippen LogP contribution in [0.15, 0.2) is 48.5 Å². The molecular weight excluding hydrogens is 218 g/mol. The first kappa shape index (κ1) is 12.7. The second kappa shape index (κ2) is 5.72. The topological polar surface area (TPSA) is 26.0 Å². The Bertz CT molecular complexity index is 498. The zero-order chi connectivity index (χ0) is 13.0. The summed E-state index contributed by atoms with van der Waals surface area (Å²) in [5.74, 6) is 0.607. The van der Waals surface area contributed by atoms with Crippen molar-refractivity contribution in [1.29, 1.82) is 0 Å². The van der Waals surface area contributed by atoms with E-state index in [0.717, 1.165) is 18.5 Å². The van der Waals surface area contributed by atoms with Crippen LogP contribution in [0, 0.1) is 0 Å². The summed E-state index contributed by atoms with van der Waals surface area (Å²) in [6.45, 7) is 4.47. The third-order valence-corrected chi connectivity index (χ3v) is 3.54. The van der Waals surface area contributed by atoms with Gasteiger partial charge in [0, 0.05) is 5.69 Å². The number of rotatable bonds is 4. The molecule has 0 saturated carbocycles. The molecule has 18 heavy (non-hydrogen) atoms. The van der Waals surface area contributed by atoms with Crippen molar-refractivity contribution in [3.63, 3.8) is 0 Å². The number of hydrogen-bond acceptors (Lipinski definition) is 1. The molecule has 0 fully saturated rings. The lowest BCUT2D eigenvalue weighted by Crippen LogP contribution is -1.98. The fourth-order valence-corrected chi connectivity index (χ4v) is 2.47. The van der Waals surface area contributed by atoms with Crippen molar-refractivity contribution >= 4 is 5.69 Å². The van der Waals surface area contributed by atoms with Gasteiger partial charge in [0.1, 0.15) is 0 Å². The van der Waals surface area contributed by atoms with Crippen molar-refractivity contribution in [3.8, 4) is 11.1 Å². The molecule has 2 aromatic rings. The van der Waals surface area contributed by atoms with Crippen LogP contribution in [0.25, 0.3) is 11.1 Å². The van der Waals surface area contributed by atoms with Crippen LogP contribution in [0.1, 0.15) is 38.2 Å². The number of nitrogens with two attached hydrogens (primary N) is 1. The summed E-state index contributed by atoms with van der Waals surface area (Å²) in [6.07, 6.45) is 2.32. The SMILES string of the molecule is CCC(CC)c1cc(N)cc(-c2ccccc2)c1. The summed E-state index contributed by atoms with van der Waals surface area (Å²) in [4.78, 5) is 0. The maximum Gasteiger partial charge on any atom is 0.0323 e. The van der Waals surface area contributed by atoms with Crippen LogP contribution >= 0.6 is 0 Å². The summed E-state index contributed by atoms with van der Waals surface area (Å²) in [5.41, 5.74) is 10.7. The normalized spacial score (nSPS) is 10.8. The Kier molecular flexibility index (Phi) is 4.03. The average molecular weight is 239 g/mol. The van der Waals surface area contributed by atoms with Crippen molar-refractivity contribution < 1.29 is 0 Å². The van der Waals surface area contributed by atoms with E-state index < -0.39 is 0 Å². The highest BCUT2D eigenvalue weighted by Gasteiger charge is 2.09. The monoisotopic (exact) mass is 239 g/mol. The Hall–Kier alpha value is -1.76. The third kappa shape index (κ3) is 2.73. The van der Waals surface area contributed by atoms with Gasteiger partial charge in [0.05, 0.1) is 0 Å². The van der Waals surface area contributed by atoms with Gasteiger partial charge in [-0.1, -0.05) is 50.2 Å². The molecule has 0 heterocycles. The Morgan fingerprint density at radius 3 is 2.17 bits per heavy atom. The van der Waals surface area contributed by atoms with Crippen LogP contribution in [0.5, 0.6) is 0 Å². The van der Waals surface area contributed by atoms with E-state index in [9.17, 15) is 0 Å². The highest BCUT2D eigenvalue weighted by atomic mass is 14.5. The first-order chi connectivity index (χ1) is 8.74. The van der Waals surface area contributed by atoms with Crippen LogP contribution in [0.3, 0.4) is 0 Å². The number of benzene rings is 2. The molecule has 0 aromatic heterocycles. The van der Waals surface area contributed by atoms with E-state index in [-0.39, 0.29) is 0 Å². The third-order valence-electron chi connectivity index (χ3n) is 3.54. The molecule has 2 N–H and O–H groups in total. The zero-order valence-electron chi connectivity index (χ0n) is 11.2. The second-order valence-electron chi connectivity index (χ2n) is 4.77. The molecule has 94 valence electrons. The predicted octanol–water partition coefficient (Wildman–Crippen LogP) is 4.84. The smallest absolute Gasteiger partial charge is 0.0323 e. The summed E-state index contributed by atoms with van der Waals surface area (Å²) < 4.78 is 0. The van der Waals surface area contributed by atoms with Gasteiger partial charge >= 0.3 is 0 Å². The summed E-state index contributed by atoms with van der Waals surface area (Å²) in [7, 11) is 0. The van der Waals surface area contributed by atoms with Gasteiger partial charge in [-0.3, -0.25) is 0 Å². The Labute approximate surface area is 110 Å². The Morgan fingerprint density at radius 2 is 1.56 bits per heavy atom. The van der Waals surface area contributed by atoms with Gasteiger partial charge in [-0.2, -0.15) is 0 Å². The maximum absolute atomic E-state index is 6.04. The lowest BCUT2D eigenvalue weighted by atomic mass is 9.91. The second-order valence-corrected chi connectivity index (χ2v) is 4.77. The zero-order valence-corrected chi connectivity index (χ0v) is 11.2. The van der Waals surface area contributed by atoms with Crippen LogP contribution in [-0.4, -0.2) is 0 Å². The van der Waals surface area contributed by atoms with Gasteiger partial charge in [-0.25, -0.2) is 0 Å². The molecule has 0 atom stereocenters. The predicted molar refractivity (Wildman–Crippen MR) is 79.6 cm³/mol. The molecule has 0 amide bonds. The van der Waals surface area contributed by atoms with E-state index in [1.807, 2.05) is 6.07 Å². The standard InChI is InChI=1S/C17H21N/c1-3-13(4-2)15-10-16(12-17(18)11-15)14-8-6-5-7-9-14/h5-13H,3-4,18H2,1-2H3. The minimum Gasteiger partial charge on any atom is -0.399 e. The van der Waals surface area contributed by atoms with Crippen molar-refractivity contribution in [2.75, 3.05) is 5.73 Å². The van der Waals surface area contributed by atoms with Crippen LogP contribution in [0.2, 0.25) is 0 Å². The highest BCUT2D eigenvalue weighted by molar-refractivity contribution is 5.68. The lowest BCUT2D eigenvalue weighted by Gasteiger charge is -2.15. The molecule has 0 unspecified atom stereocenters. The summed E-state index contributed by atoms with van der Waals surface area (Å²) in [6, 6.07) is 16.9. The molecule has 0 aliphatic heterocycles.